The summed E-state index contributed by atoms with van der Waals surface area (Å²) in [5.41, 5.74) is 2.27. The molecule has 0 spiro atoms. The summed E-state index contributed by atoms with van der Waals surface area (Å²) in [4.78, 5) is 109. The zero-order chi connectivity index (χ0) is 46.1. The number of benzene rings is 1. The zero-order valence-corrected chi connectivity index (χ0v) is 37.6. The zero-order valence-electron chi connectivity index (χ0n) is 37.6. The van der Waals surface area contributed by atoms with E-state index in [0.717, 1.165) is 55.0 Å². The standard InChI is InChI=1S/C46H58N12O8/c1-3-66-45(65)36-26-47-46(50-31-25-48-53(2)27-31)52-39(36)49-30-8-10-32(11-9-30)54-16-20-56(21-17-54)41(61)28-4-6-29(7-5-28)42(62)57-22-18-55(19-23-57)33-12-13-34-35(24-33)44(64)58(43(34)63)37-14-15-38(59)51-40(37)60/h12-13,24-30,32,37H,3-11,14-23H2,1-2H3,(H,51,59,60)(H2,47,49,50,52). The molecule has 1 unspecified atom stereocenters. The van der Waals surface area contributed by atoms with Crippen LogP contribution < -0.4 is 20.9 Å². The monoisotopic (exact) mass is 906 g/mol. The Bertz CT molecular complexity index is 2370. The molecule has 1 aromatic carbocycles. The van der Waals surface area contributed by atoms with E-state index >= 15 is 0 Å². The molecular formula is C46H58N12O8. The van der Waals surface area contributed by atoms with Crippen LogP contribution in [0.4, 0.5) is 23.1 Å². The van der Waals surface area contributed by atoms with Gasteiger partial charge in [0.15, 0.2) is 0 Å². The number of amides is 6. The van der Waals surface area contributed by atoms with E-state index in [1.54, 1.807) is 36.0 Å². The fourth-order valence-corrected chi connectivity index (χ4v) is 10.6. The summed E-state index contributed by atoms with van der Waals surface area (Å²) in [5.74, 6) is -1.65. The van der Waals surface area contributed by atoms with Gasteiger partial charge in [-0.05, 0) is 82.9 Å². The van der Waals surface area contributed by atoms with Crippen LogP contribution in [-0.2, 0) is 31.0 Å². The fraction of sp³-hybridized carbons (Fsp3) is 0.565. The highest BCUT2D eigenvalue weighted by atomic mass is 16.5. The largest absolute Gasteiger partial charge is 0.462 e. The number of imide groups is 2. The van der Waals surface area contributed by atoms with Crippen molar-refractivity contribution in [2.24, 2.45) is 18.9 Å². The summed E-state index contributed by atoms with van der Waals surface area (Å²) >= 11 is 0. The Morgan fingerprint density at radius 1 is 0.788 bits per heavy atom. The molecule has 2 aromatic heterocycles. The molecule has 2 saturated carbocycles. The summed E-state index contributed by atoms with van der Waals surface area (Å²) < 4.78 is 6.97. The summed E-state index contributed by atoms with van der Waals surface area (Å²) in [6.45, 7) is 7.25. The third-order valence-electron chi connectivity index (χ3n) is 14.2. The lowest BCUT2D eigenvalue weighted by Crippen LogP contribution is -2.54. The summed E-state index contributed by atoms with van der Waals surface area (Å²) in [5, 5.41) is 13.1. The van der Waals surface area contributed by atoms with Gasteiger partial charge in [-0.3, -0.25) is 48.6 Å². The molecule has 0 radical (unpaired) electrons. The average Bonchev–Trinajstić information content (AvgIpc) is 3.86. The van der Waals surface area contributed by atoms with E-state index < -0.39 is 35.6 Å². The van der Waals surface area contributed by atoms with Crippen LogP contribution in [0.5, 0.6) is 0 Å². The minimum atomic E-state index is -1.02. The lowest BCUT2D eigenvalue weighted by atomic mass is 9.80. The number of carbonyl (C=O) groups excluding carboxylic acids is 7. The van der Waals surface area contributed by atoms with Crippen LogP contribution in [-0.4, -0.2) is 158 Å². The van der Waals surface area contributed by atoms with Crippen LogP contribution in [0.25, 0.3) is 0 Å². The maximum atomic E-state index is 13.8. The predicted octanol–water partition coefficient (Wildman–Crippen LogP) is 2.55. The van der Waals surface area contributed by atoms with E-state index in [-0.39, 0.29) is 60.3 Å². The Kier molecular flexibility index (Phi) is 13.0. The third kappa shape index (κ3) is 9.32. The minimum Gasteiger partial charge on any atom is -0.462 e. The number of aromatic nitrogens is 4. The molecule has 6 amide bonds. The number of nitrogens with one attached hydrogen (secondary N) is 3. The van der Waals surface area contributed by atoms with Crippen molar-refractivity contribution in [1.29, 1.82) is 0 Å². The second kappa shape index (κ2) is 19.2. The Morgan fingerprint density at radius 3 is 2.06 bits per heavy atom. The molecule has 0 bridgehead atoms. The first kappa shape index (κ1) is 44.7. The summed E-state index contributed by atoms with van der Waals surface area (Å²) in [6.07, 6.45) is 11.7. The Labute approximate surface area is 382 Å². The number of aryl methyl sites for hydroxylation is 1. The van der Waals surface area contributed by atoms with Gasteiger partial charge in [-0.1, -0.05) is 0 Å². The quantitative estimate of drug-likeness (QED) is 0.186. The maximum Gasteiger partial charge on any atom is 0.343 e. The number of ether oxygens (including phenoxy) is 1. The number of esters is 1. The van der Waals surface area contributed by atoms with E-state index in [4.69, 9.17) is 4.74 Å². The van der Waals surface area contributed by atoms with E-state index in [9.17, 15) is 33.6 Å². The molecule has 20 heteroatoms. The molecule has 66 heavy (non-hydrogen) atoms. The van der Waals surface area contributed by atoms with Crippen LogP contribution in [0.2, 0.25) is 0 Å². The number of hydrogen-bond acceptors (Lipinski definition) is 15. The fourth-order valence-electron chi connectivity index (χ4n) is 10.6. The second-order valence-electron chi connectivity index (χ2n) is 18.3. The number of nitrogens with zero attached hydrogens (tertiary/aromatic N) is 9. The molecule has 5 fully saturated rings. The Morgan fingerprint density at radius 2 is 1.44 bits per heavy atom. The van der Waals surface area contributed by atoms with Crippen molar-refractivity contribution >= 4 is 64.6 Å². The lowest BCUT2D eigenvalue weighted by Gasteiger charge is -2.43. The van der Waals surface area contributed by atoms with Gasteiger partial charge in [-0.15, -0.1) is 0 Å². The van der Waals surface area contributed by atoms with Gasteiger partial charge in [-0.2, -0.15) is 10.1 Å². The Hall–Kier alpha value is -6.44. The molecule has 1 atom stereocenters. The smallest absolute Gasteiger partial charge is 0.343 e. The molecule has 3 saturated heterocycles. The van der Waals surface area contributed by atoms with Gasteiger partial charge in [0.25, 0.3) is 11.8 Å². The molecule has 3 N–H and O–H groups in total. The first-order chi connectivity index (χ1) is 31.9. The lowest BCUT2D eigenvalue weighted by molar-refractivity contribution is -0.142. The van der Waals surface area contributed by atoms with Gasteiger partial charge in [-0.25, -0.2) is 9.78 Å². The summed E-state index contributed by atoms with van der Waals surface area (Å²) in [6, 6.07) is 4.63. The number of piperazine rings is 2. The second-order valence-corrected chi connectivity index (χ2v) is 18.3. The van der Waals surface area contributed by atoms with Crippen molar-refractivity contribution < 1.29 is 38.3 Å². The molecule has 2 aliphatic carbocycles. The SMILES string of the molecule is CCOC(=O)c1cnc(Nc2cnn(C)c2)nc1NC1CCC(N2CCN(C(=O)C3CCC(C(=O)N4CCN(c5ccc6c(c5)C(=O)N(C5CCC(=O)NC5=O)C6=O)CC4)CC3)CC2)CC1. The van der Waals surface area contributed by atoms with Gasteiger partial charge in [0, 0.05) is 108 Å². The molecule has 6 heterocycles. The van der Waals surface area contributed by atoms with E-state index in [1.165, 1.54) is 6.20 Å². The van der Waals surface area contributed by atoms with Crippen LogP contribution >= 0.6 is 0 Å². The van der Waals surface area contributed by atoms with E-state index in [2.05, 4.69) is 40.8 Å². The number of fused-ring (bicyclic) bond motifs is 1. The first-order valence-electron chi connectivity index (χ1n) is 23.4. The van der Waals surface area contributed by atoms with Gasteiger partial charge in [0.2, 0.25) is 29.6 Å². The third-order valence-corrected chi connectivity index (χ3v) is 14.2. The number of hydrogen-bond donors (Lipinski definition) is 3. The normalized spacial score (nSPS) is 25.1. The number of rotatable bonds is 11. The summed E-state index contributed by atoms with van der Waals surface area (Å²) in [7, 11) is 1.82. The maximum absolute atomic E-state index is 13.8. The van der Waals surface area contributed by atoms with Gasteiger partial charge in [0.1, 0.15) is 17.4 Å². The molecular weight excluding hydrogens is 849 g/mol. The Balaban J connectivity index is 0.699. The molecule has 350 valence electrons. The molecule has 9 rings (SSSR count). The van der Waals surface area contributed by atoms with Crippen molar-refractivity contribution in [2.75, 3.05) is 74.5 Å². The molecule has 3 aromatic rings. The van der Waals surface area contributed by atoms with Crippen molar-refractivity contribution in [1.82, 2.24) is 44.7 Å². The number of anilines is 4. The van der Waals surface area contributed by atoms with Crippen molar-refractivity contribution in [3.05, 3.63) is 53.5 Å². The van der Waals surface area contributed by atoms with E-state index in [0.29, 0.717) is 88.3 Å². The molecule has 20 nitrogen and oxygen atoms in total. The van der Waals surface area contributed by atoms with Crippen LogP contribution in [0.3, 0.4) is 0 Å². The number of piperidine rings is 1. The highest BCUT2D eigenvalue weighted by molar-refractivity contribution is 6.23. The first-order valence-corrected chi connectivity index (χ1v) is 23.4. The molecule has 4 aliphatic heterocycles. The highest BCUT2D eigenvalue weighted by Crippen LogP contribution is 2.35. The van der Waals surface area contributed by atoms with Gasteiger partial charge in [0.05, 0.1) is 29.6 Å². The topological polar surface area (TPSA) is 225 Å². The predicted molar refractivity (Wildman–Crippen MR) is 240 cm³/mol. The highest BCUT2D eigenvalue weighted by Gasteiger charge is 2.45. The van der Waals surface area contributed by atoms with Gasteiger partial charge >= 0.3 is 5.97 Å². The van der Waals surface area contributed by atoms with Crippen LogP contribution in [0.15, 0.2) is 36.8 Å². The van der Waals surface area contributed by atoms with Crippen LogP contribution in [0.1, 0.15) is 102 Å². The van der Waals surface area contributed by atoms with Crippen molar-refractivity contribution in [3.8, 4) is 0 Å². The average molecular weight is 907 g/mol. The number of carbonyl (C=O) groups is 7. The van der Waals surface area contributed by atoms with E-state index in [1.807, 2.05) is 23.0 Å². The van der Waals surface area contributed by atoms with Crippen molar-refractivity contribution in [3.63, 3.8) is 0 Å². The molecule has 6 aliphatic rings. The van der Waals surface area contributed by atoms with Gasteiger partial charge < -0.3 is 30.1 Å². The minimum absolute atomic E-state index is 0.0605. The van der Waals surface area contributed by atoms with Crippen LogP contribution in [0, 0.1) is 11.8 Å². The van der Waals surface area contributed by atoms with Crippen molar-refractivity contribution in [2.45, 2.75) is 89.3 Å².